The molecule has 0 radical (unpaired) electrons. The van der Waals surface area contributed by atoms with E-state index in [1.54, 1.807) is 6.08 Å². The normalized spacial score (nSPS) is 23.1. The maximum Gasteiger partial charge on any atom is 0.242 e. The van der Waals surface area contributed by atoms with Gasteiger partial charge in [0, 0.05) is 6.42 Å². The molecule has 3 heteroatoms. The van der Waals surface area contributed by atoms with Crippen molar-refractivity contribution in [2.75, 3.05) is 0 Å². The van der Waals surface area contributed by atoms with Crippen molar-refractivity contribution in [1.82, 2.24) is 0 Å². The van der Waals surface area contributed by atoms with Gasteiger partial charge in [-0.1, -0.05) is 24.3 Å². The summed E-state index contributed by atoms with van der Waals surface area (Å²) in [6.45, 7) is 0. The van der Waals surface area contributed by atoms with Gasteiger partial charge in [0.1, 0.15) is 0 Å². The van der Waals surface area contributed by atoms with Gasteiger partial charge in [-0.3, -0.25) is 0 Å². The number of benzene rings is 1. The molecule has 0 heterocycles. The van der Waals surface area contributed by atoms with Gasteiger partial charge in [0.15, 0.2) is 0 Å². The van der Waals surface area contributed by atoms with E-state index in [9.17, 15) is 8.78 Å². The zero-order chi connectivity index (χ0) is 14.4. The van der Waals surface area contributed by atoms with Gasteiger partial charge >= 0.3 is 0 Å². The number of hydrogen-bond donors (Lipinski definition) is 0. The Kier molecular flexibility index (Phi) is 5.29. The van der Waals surface area contributed by atoms with Crippen molar-refractivity contribution in [1.29, 1.82) is 5.26 Å². The van der Waals surface area contributed by atoms with Crippen molar-refractivity contribution >= 4 is 0 Å². The number of hydrogen-bond acceptors (Lipinski definition) is 1. The first-order valence-electron chi connectivity index (χ1n) is 7.14. The van der Waals surface area contributed by atoms with Crippen molar-refractivity contribution in [3.63, 3.8) is 0 Å². The third kappa shape index (κ3) is 4.16. The largest absolute Gasteiger partial charge is 0.242 e. The van der Waals surface area contributed by atoms with Crippen LogP contribution < -0.4 is 0 Å². The summed E-state index contributed by atoms with van der Waals surface area (Å²) in [5, 5.41) is 8.78. The van der Waals surface area contributed by atoms with Crippen LogP contribution in [0.15, 0.2) is 36.4 Å². The van der Waals surface area contributed by atoms with Crippen molar-refractivity contribution < 1.29 is 8.78 Å². The van der Waals surface area contributed by atoms with Crippen LogP contribution in [0.3, 0.4) is 0 Å². The molecule has 20 heavy (non-hydrogen) atoms. The Morgan fingerprint density at radius 1 is 1.15 bits per heavy atom. The lowest BCUT2D eigenvalue weighted by Crippen LogP contribution is -2.11. The summed E-state index contributed by atoms with van der Waals surface area (Å²) in [6, 6.07) is 9.93. The minimum atomic E-state index is -2.23. The SMILES string of the molecule is N#Cc1ccc(C2CCC(C=CCC(F)F)CC2)cc1. The predicted molar refractivity (Wildman–Crippen MR) is 75.6 cm³/mol. The van der Waals surface area contributed by atoms with Gasteiger partial charge in [0.2, 0.25) is 6.43 Å². The third-order valence-electron chi connectivity index (χ3n) is 4.01. The number of nitriles is 1. The molecule has 0 aromatic heterocycles. The Balaban J connectivity index is 1.84. The Morgan fingerprint density at radius 2 is 1.80 bits per heavy atom. The van der Waals surface area contributed by atoms with E-state index in [0.29, 0.717) is 17.4 Å². The van der Waals surface area contributed by atoms with Crippen LogP contribution in [0.25, 0.3) is 0 Å². The molecule has 1 aliphatic rings. The first-order valence-corrected chi connectivity index (χ1v) is 7.14. The van der Waals surface area contributed by atoms with Crippen LogP contribution in [0, 0.1) is 17.2 Å². The zero-order valence-electron chi connectivity index (χ0n) is 11.4. The molecular formula is C17H19F2N. The third-order valence-corrected chi connectivity index (χ3v) is 4.01. The summed E-state index contributed by atoms with van der Waals surface area (Å²) in [6.07, 6.45) is 5.52. The second-order valence-corrected chi connectivity index (χ2v) is 5.40. The number of allylic oxidation sites excluding steroid dienone is 2. The molecule has 1 aromatic rings. The van der Waals surface area contributed by atoms with E-state index >= 15 is 0 Å². The van der Waals surface area contributed by atoms with Crippen LogP contribution in [-0.2, 0) is 0 Å². The molecule has 0 atom stereocenters. The predicted octanol–water partition coefficient (Wildman–Crippen LogP) is 5.04. The number of rotatable bonds is 4. The van der Waals surface area contributed by atoms with E-state index in [1.807, 2.05) is 30.3 Å². The van der Waals surface area contributed by atoms with Gasteiger partial charge in [-0.15, -0.1) is 0 Å². The van der Waals surface area contributed by atoms with Crippen molar-refractivity contribution in [2.24, 2.45) is 5.92 Å². The monoisotopic (exact) mass is 275 g/mol. The van der Waals surface area contributed by atoms with Gasteiger partial charge in [0.05, 0.1) is 11.6 Å². The summed E-state index contributed by atoms with van der Waals surface area (Å²) < 4.78 is 24.1. The Bertz CT molecular complexity index is 477. The van der Waals surface area contributed by atoms with Gasteiger partial charge in [-0.2, -0.15) is 5.26 Å². The van der Waals surface area contributed by atoms with Crippen LogP contribution in [0.4, 0.5) is 8.78 Å². The highest BCUT2D eigenvalue weighted by atomic mass is 19.3. The molecule has 0 spiro atoms. The van der Waals surface area contributed by atoms with E-state index in [4.69, 9.17) is 5.26 Å². The van der Waals surface area contributed by atoms with E-state index < -0.39 is 6.43 Å². The van der Waals surface area contributed by atoms with Crippen LogP contribution in [0.2, 0.25) is 0 Å². The molecule has 1 aliphatic carbocycles. The summed E-state index contributed by atoms with van der Waals surface area (Å²) in [4.78, 5) is 0. The fourth-order valence-corrected chi connectivity index (χ4v) is 2.85. The van der Waals surface area contributed by atoms with Gasteiger partial charge in [-0.25, -0.2) is 8.78 Å². The minimum absolute atomic E-state index is 0.129. The molecule has 0 aliphatic heterocycles. The minimum Gasteiger partial charge on any atom is -0.210 e. The molecule has 1 saturated carbocycles. The number of nitrogens with zero attached hydrogens (tertiary/aromatic N) is 1. The van der Waals surface area contributed by atoms with Crippen molar-refractivity contribution in [2.45, 2.75) is 44.4 Å². The van der Waals surface area contributed by atoms with Crippen molar-refractivity contribution in [3.8, 4) is 6.07 Å². The molecule has 0 N–H and O–H groups in total. The molecule has 1 fully saturated rings. The van der Waals surface area contributed by atoms with Crippen LogP contribution in [-0.4, -0.2) is 6.43 Å². The lowest BCUT2D eigenvalue weighted by Gasteiger charge is -2.27. The smallest absolute Gasteiger partial charge is 0.210 e. The highest BCUT2D eigenvalue weighted by Gasteiger charge is 2.20. The maximum atomic E-state index is 12.1. The molecule has 1 aromatic carbocycles. The summed E-state index contributed by atoms with van der Waals surface area (Å²) >= 11 is 0. The first kappa shape index (κ1) is 14.7. The topological polar surface area (TPSA) is 23.8 Å². The molecular weight excluding hydrogens is 256 g/mol. The van der Waals surface area contributed by atoms with E-state index in [1.165, 1.54) is 5.56 Å². The molecule has 106 valence electrons. The Hall–Kier alpha value is -1.69. The molecule has 2 rings (SSSR count). The molecule has 0 saturated heterocycles. The average molecular weight is 275 g/mol. The van der Waals surface area contributed by atoms with Crippen LogP contribution in [0.1, 0.15) is 49.1 Å². The lowest BCUT2D eigenvalue weighted by molar-refractivity contribution is 0.152. The zero-order valence-corrected chi connectivity index (χ0v) is 11.4. The second kappa shape index (κ2) is 7.19. The molecule has 0 unspecified atom stereocenters. The highest BCUT2D eigenvalue weighted by Crippen LogP contribution is 2.36. The number of alkyl halides is 2. The Morgan fingerprint density at radius 3 is 2.35 bits per heavy atom. The molecule has 1 nitrogen and oxygen atoms in total. The van der Waals surface area contributed by atoms with Crippen LogP contribution >= 0.6 is 0 Å². The first-order chi connectivity index (χ1) is 9.69. The molecule has 0 bridgehead atoms. The fraction of sp³-hybridized carbons (Fsp3) is 0.471. The summed E-state index contributed by atoms with van der Waals surface area (Å²) in [5.74, 6) is 0.992. The van der Waals surface area contributed by atoms with E-state index in [0.717, 1.165) is 25.7 Å². The average Bonchev–Trinajstić information content (AvgIpc) is 2.48. The second-order valence-electron chi connectivity index (χ2n) is 5.40. The fourth-order valence-electron chi connectivity index (χ4n) is 2.85. The van der Waals surface area contributed by atoms with Crippen molar-refractivity contribution in [3.05, 3.63) is 47.5 Å². The number of halogens is 2. The van der Waals surface area contributed by atoms with E-state index in [-0.39, 0.29) is 6.42 Å². The maximum absolute atomic E-state index is 12.1. The lowest BCUT2D eigenvalue weighted by atomic mass is 9.78. The van der Waals surface area contributed by atoms with Gasteiger partial charge in [-0.05, 0) is 55.2 Å². The molecule has 0 amide bonds. The van der Waals surface area contributed by atoms with Crippen LogP contribution in [0.5, 0.6) is 0 Å². The van der Waals surface area contributed by atoms with E-state index in [2.05, 4.69) is 6.07 Å². The standard InChI is InChI=1S/C17H19F2N/c18-17(19)3-1-2-13-4-8-15(9-5-13)16-10-6-14(12-20)7-11-16/h1-2,6-7,10-11,13,15,17H,3-5,8-9H2. The summed E-state index contributed by atoms with van der Waals surface area (Å²) in [5.41, 5.74) is 1.98. The quantitative estimate of drug-likeness (QED) is 0.706. The van der Waals surface area contributed by atoms with Gasteiger partial charge < -0.3 is 0 Å². The summed E-state index contributed by atoms with van der Waals surface area (Å²) in [7, 11) is 0. The van der Waals surface area contributed by atoms with Gasteiger partial charge in [0.25, 0.3) is 0 Å². The highest BCUT2D eigenvalue weighted by molar-refractivity contribution is 5.33. The Labute approximate surface area is 118 Å².